The van der Waals surface area contributed by atoms with Gasteiger partial charge in [0, 0.05) is 50.0 Å². The summed E-state index contributed by atoms with van der Waals surface area (Å²) in [6.07, 6.45) is -0.248. The molecule has 0 spiro atoms. The molecule has 0 aromatic carbocycles. The second-order valence-corrected chi connectivity index (χ2v) is 10.6. The molecule has 5 atom stereocenters. The van der Waals surface area contributed by atoms with Gasteiger partial charge < -0.3 is 15.5 Å². The Kier molecular flexibility index (Phi) is 13.8. The summed E-state index contributed by atoms with van der Waals surface area (Å²) in [5.74, 6) is -4.21. The minimum atomic E-state index is -1.18. The molecule has 0 saturated heterocycles. The van der Waals surface area contributed by atoms with E-state index in [1.54, 1.807) is 34.7 Å². The molecular formula is C27H45N3O7. The van der Waals surface area contributed by atoms with Crippen LogP contribution in [0.25, 0.3) is 0 Å². The normalized spacial score (nSPS) is 15.5. The number of hydrogen-bond donors (Lipinski definition) is 2. The molecule has 0 aromatic rings. The molecule has 0 aliphatic carbocycles. The number of carbonyl (C=O) groups is 7. The average molecular weight is 524 g/mol. The Morgan fingerprint density at radius 2 is 1.27 bits per heavy atom. The molecule has 0 aromatic heterocycles. The van der Waals surface area contributed by atoms with Crippen molar-refractivity contribution in [2.24, 2.45) is 17.3 Å². The molecule has 2 amide bonds. The zero-order valence-corrected chi connectivity index (χ0v) is 24.0. The lowest BCUT2D eigenvalue weighted by Gasteiger charge is -2.29. The van der Waals surface area contributed by atoms with Gasteiger partial charge in [0.2, 0.25) is 17.6 Å². The van der Waals surface area contributed by atoms with Crippen molar-refractivity contribution in [3.63, 3.8) is 0 Å². The maximum absolute atomic E-state index is 12.9. The summed E-state index contributed by atoms with van der Waals surface area (Å²) in [5.41, 5.74) is -1.18. The average Bonchev–Trinajstić information content (AvgIpc) is 2.84. The van der Waals surface area contributed by atoms with E-state index in [9.17, 15) is 33.6 Å². The molecule has 0 saturated carbocycles. The Morgan fingerprint density at radius 3 is 1.76 bits per heavy atom. The van der Waals surface area contributed by atoms with Crippen LogP contribution in [-0.2, 0) is 33.6 Å². The van der Waals surface area contributed by atoms with E-state index < -0.39 is 52.7 Å². The van der Waals surface area contributed by atoms with Crippen LogP contribution in [0.2, 0.25) is 0 Å². The predicted molar refractivity (Wildman–Crippen MR) is 140 cm³/mol. The van der Waals surface area contributed by atoms with Crippen LogP contribution in [0.4, 0.5) is 0 Å². The maximum Gasteiger partial charge on any atom is 0.226 e. The Hall–Kier alpha value is -2.75. The number of amides is 2. The quantitative estimate of drug-likeness (QED) is 0.274. The Balaban J connectivity index is 5.02. The van der Waals surface area contributed by atoms with Crippen LogP contribution >= 0.6 is 0 Å². The van der Waals surface area contributed by atoms with Gasteiger partial charge >= 0.3 is 0 Å². The number of hydrogen-bond acceptors (Lipinski definition) is 8. The fourth-order valence-corrected chi connectivity index (χ4v) is 3.69. The minimum Gasteiger partial charge on any atom is -0.346 e. The molecule has 2 N–H and O–H groups in total. The highest BCUT2D eigenvalue weighted by Crippen LogP contribution is 2.25. The topological polar surface area (TPSA) is 147 Å². The summed E-state index contributed by atoms with van der Waals surface area (Å²) in [6.45, 7) is 12.6. The Labute approximate surface area is 220 Å². The van der Waals surface area contributed by atoms with Crippen molar-refractivity contribution >= 4 is 40.7 Å². The second-order valence-electron chi connectivity index (χ2n) is 10.6. The molecule has 0 bridgehead atoms. The number of nitrogens with zero attached hydrogens (tertiary/aromatic N) is 1. The van der Waals surface area contributed by atoms with Gasteiger partial charge in [0.1, 0.15) is 5.78 Å². The third-order valence-corrected chi connectivity index (χ3v) is 6.84. The van der Waals surface area contributed by atoms with Crippen LogP contribution in [0.5, 0.6) is 0 Å². The van der Waals surface area contributed by atoms with Crippen LogP contribution in [-0.4, -0.2) is 77.9 Å². The SMILES string of the molecule is CCC(=O)C(=O)C(C)(C)CC(=O)[C@H](C)N(C)C(=O)[C@H](C)CC(=O)[C@H](C)NC(=O)[C@H](C)CC(=O)[C@H](C)NC. The lowest BCUT2D eigenvalue weighted by atomic mass is 9.79. The van der Waals surface area contributed by atoms with E-state index in [4.69, 9.17) is 0 Å². The van der Waals surface area contributed by atoms with Crippen LogP contribution in [0.3, 0.4) is 0 Å². The molecule has 0 rings (SSSR count). The van der Waals surface area contributed by atoms with Crippen molar-refractivity contribution in [1.29, 1.82) is 0 Å². The zero-order valence-electron chi connectivity index (χ0n) is 24.0. The van der Waals surface area contributed by atoms with E-state index in [-0.39, 0.29) is 49.1 Å². The van der Waals surface area contributed by atoms with Gasteiger partial charge in [0.05, 0.1) is 18.1 Å². The molecule has 0 aliphatic heterocycles. The molecule has 0 fully saturated rings. The lowest BCUT2D eigenvalue weighted by molar-refractivity contribution is -0.145. The highest BCUT2D eigenvalue weighted by Gasteiger charge is 2.37. The fraction of sp³-hybridized carbons (Fsp3) is 0.741. The summed E-state index contributed by atoms with van der Waals surface area (Å²) in [4.78, 5) is 88.2. The number of ketones is 5. The van der Waals surface area contributed by atoms with Gasteiger partial charge in [-0.3, -0.25) is 33.6 Å². The van der Waals surface area contributed by atoms with Crippen molar-refractivity contribution in [2.45, 2.75) is 99.2 Å². The van der Waals surface area contributed by atoms with Gasteiger partial charge in [-0.2, -0.15) is 0 Å². The number of nitrogens with one attached hydrogen (secondary N) is 2. The van der Waals surface area contributed by atoms with Crippen LogP contribution in [0.1, 0.15) is 81.1 Å². The number of likely N-dealkylation sites (N-methyl/N-ethyl adjacent to an activating group) is 2. The first-order valence-electron chi connectivity index (χ1n) is 12.8. The van der Waals surface area contributed by atoms with E-state index in [2.05, 4.69) is 10.6 Å². The fourth-order valence-electron chi connectivity index (χ4n) is 3.69. The van der Waals surface area contributed by atoms with E-state index >= 15 is 0 Å². The highest BCUT2D eigenvalue weighted by molar-refractivity contribution is 6.39. The highest BCUT2D eigenvalue weighted by atomic mass is 16.2. The first-order valence-corrected chi connectivity index (χ1v) is 12.8. The molecule has 0 heterocycles. The van der Waals surface area contributed by atoms with E-state index in [1.807, 2.05) is 0 Å². The molecular weight excluding hydrogens is 478 g/mol. The van der Waals surface area contributed by atoms with Crippen LogP contribution in [0, 0.1) is 17.3 Å². The molecule has 0 aliphatic rings. The molecule has 10 heteroatoms. The zero-order chi connectivity index (χ0) is 29.2. The standard InChI is InChI=1S/C27H45N3O7/c1-11-20(31)24(35)27(7,8)14-23(34)19(6)30(10)26(37)16(3)13-22(33)18(5)29-25(36)15(2)12-21(32)17(4)28-9/h15-19,28H,11-14H2,1-10H3,(H,29,36)/t15-,16-,17+,18+,19+/m1/s1. The molecule has 10 nitrogen and oxygen atoms in total. The third kappa shape index (κ3) is 10.3. The largest absolute Gasteiger partial charge is 0.346 e. The number of rotatable bonds is 17. The molecule has 0 unspecified atom stereocenters. The summed E-state index contributed by atoms with van der Waals surface area (Å²) in [7, 11) is 3.11. The minimum absolute atomic E-state index is 0.0371. The monoisotopic (exact) mass is 523 g/mol. The van der Waals surface area contributed by atoms with Gasteiger partial charge in [-0.05, 0) is 27.8 Å². The van der Waals surface area contributed by atoms with Crippen molar-refractivity contribution < 1.29 is 33.6 Å². The van der Waals surface area contributed by atoms with Gasteiger partial charge in [-0.15, -0.1) is 0 Å². The van der Waals surface area contributed by atoms with Gasteiger partial charge in [-0.1, -0.05) is 34.6 Å². The maximum atomic E-state index is 12.9. The number of Topliss-reactive ketones (excluding diaryl/α,β-unsaturated/α-hetero) is 5. The van der Waals surface area contributed by atoms with Crippen molar-refractivity contribution in [2.75, 3.05) is 14.1 Å². The van der Waals surface area contributed by atoms with Crippen LogP contribution in [0.15, 0.2) is 0 Å². The van der Waals surface area contributed by atoms with Gasteiger partial charge in [0.25, 0.3) is 0 Å². The summed E-state index contributed by atoms with van der Waals surface area (Å²) >= 11 is 0. The van der Waals surface area contributed by atoms with Gasteiger partial charge in [0.15, 0.2) is 17.3 Å². The summed E-state index contributed by atoms with van der Waals surface area (Å²) in [6, 6.07) is -2.09. The molecule has 37 heavy (non-hydrogen) atoms. The second kappa shape index (κ2) is 14.9. The summed E-state index contributed by atoms with van der Waals surface area (Å²) in [5, 5.41) is 5.43. The van der Waals surface area contributed by atoms with E-state index in [0.717, 1.165) is 0 Å². The van der Waals surface area contributed by atoms with E-state index in [0.29, 0.717) is 0 Å². The predicted octanol–water partition coefficient (Wildman–Crippen LogP) is 1.67. The summed E-state index contributed by atoms with van der Waals surface area (Å²) < 4.78 is 0. The van der Waals surface area contributed by atoms with Crippen molar-refractivity contribution in [1.82, 2.24) is 15.5 Å². The van der Waals surface area contributed by atoms with Gasteiger partial charge in [-0.25, -0.2) is 0 Å². The molecule has 210 valence electrons. The Bertz CT molecular complexity index is 896. The molecule has 0 radical (unpaired) electrons. The smallest absolute Gasteiger partial charge is 0.226 e. The van der Waals surface area contributed by atoms with Crippen molar-refractivity contribution in [3.8, 4) is 0 Å². The first-order chi connectivity index (χ1) is 16.9. The first kappa shape index (κ1) is 34.2. The van der Waals surface area contributed by atoms with Crippen molar-refractivity contribution in [3.05, 3.63) is 0 Å². The Morgan fingerprint density at radius 1 is 0.784 bits per heavy atom. The lowest BCUT2D eigenvalue weighted by Crippen LogP contribution is -2.46. The number of carbonyl (C=O) groups excluding carboxylic acids is 7. The third-order valence-electron chi connectivity index (χ3n) is 6.84. The van der Waals surface area contributed by atoms with E-state index in [1.165, 1.54) is 39.6 Å². The van der Waals surface area contributed by atoms with Crippen LogP contribution < -0.4 is 10.6 Å².